The largest absolute Gasteiger partial charge is 0.273 e. The van der Waals surface area contributed by atoms with Crippen molar-refractivity contribution in [2.24, 2.45) is 22.0 Å². The molecule has 0 aliphatic heterocycles. The monoisotopic (exact) mass is 258 g/mol. The molecule has 0 radical (unpaired) electrons. The van der Waals surface area contributed by atoms with Gasteiger partial charge in [-0.3, -0.25) is 31.1 Å². The van der Waals surface area contributed by atoms with Crippen molar-refractivity contribution in [1.82, 2.24) is 10.2 Å². The lowest BCUT2D eigenvalue weighted by molar-refractivity contribution is 0.557. The summed E-state index contributed by atoms with van der Waals surface area (Å²) in [4.78, 5) is 0. The molecule has 92 valence electrons. The van der Waals surface area contributed by atoms with Crippen LogP contribution in [0.1, 0.15) is 19.3 Å². The lowest BCUT2D eigenvalue weighted by Crippen LogP contribution is -2.24. The minimum atomic E-state index is -3.10. The van der Waals surface area contributed by atoms with Gasteiger partial charge < -0.3 is 0 Å². The Labute approximate surface area is 89.6 Å². The molecule has 0 atom stereocenters. The van der Waals surface area contributed by atoms with Crippen molar-refractivity contribution >= 4 is 15.2 Å². The second-order valence-electron chi connectivity index (χ2n) is 3.30. The van der Waals surface area contributed by atoms with E-state index >= 15 is 0 Å². The first-order valence-corrected chi connectivity index (χ1v) is 8.24. The zero-order valence-electron chi connectivity index (χ0n) is 8.56. The number of rotatable bonds is 8. The van der Waals surface area contributed by atoms with Crippen molar-refractivity contribution in [2.75, 3.05) is 13.1 Å². The van der Waals surface area contributed by atoms with Crippen LogP contribution >= 0.6 is 15.2 Å². The van der Waals surface area contributed by atoms with Crippen LogP contribution in [-0.4, -0.2) is 13.1 Å². The quantitative estimate of drug-likeness (QED) is 0.248. The predicted octanol–water partition coefficient (Wildman–Crippen LogP) is -0.613. The van der Waals surface area contributed by atoms with E-state index < -0.39 is 15.2 Å². The average molecular weight is 258 g/mol. The van der Waals surface area contributed by atoms with Crippen molar-refractivity contribution in [3.8, 4) is 0 Å². The summed E-state index contributed by atoms with van der Waals surface area (Å²) in [5, 5.41) is 5.03. The molecular weight excluding hydrogens is 238 g/mol. The van der Waals surface area contributed by atoms with Gasteiger partial charge in [-0.05, 0) is 12.8 Å². The van der Waals surface area contributed by atoms with Crippen LogP contribution in [0, 0.1) is 0 Å². The van der Waals surface area contributed by atoms with Crippen LogP contribution in [0.25, 0.3) is 0 Å². The number of hydrogen-bond donors (Lipinski definition) is 6. The fraction of sp³-hybridized carbons (Fsp3) is 1.00. The predicted molar refractivity (Wildman–Crippen MR) is 61.8 cm³/mol. The molecule has 0 amide bonds. The van der Waals surface area contributed by atoms with Crippen LogP contribution in [0.5, 0.6) is 0 Å². The first-order valence-electron chi connectivity index (χ1n) is 4.55. The standard InChI is InChI=1S/C5H20N6O2P2/c6-14(7,12)10-4-2-1-3-5-11-15(8,9)13/h1-5H2,(H5,6,7,10,12)(H5,8,9,11,13). The highest BCUT2D eigenvalue weighted by Crippen LogP contribution is 2.18. The number of unbranched alkanes of at least 4 members (excludes halogenated alkanes) is 2. The Morgan fingerprint density at radius 2 is 1.07 bits per heavy atom. The van der Waals surface area contributed by atoms with Gasteiger partial charge in [-0.2, -0.15) is 0 Å². The highest BCUT2D eigenvalue weighted by atomic mass is 31.2. The maximum atomic E-state index is 10.8. The molecule has 0 aliphatic rings. The normalized spacial score (nSPS) is 13.1. The molecule has 0 spiro atoms. The molecule has 0 bridgehead atoms. The maximum Gasteiger partial charge on any atom is 0.273 e. The zero-order chi connectivity index (χ0) is 11.9. The summed E-state index contributed by atoms with van der Waals surface area (Å²) in [6, 6.07) is 0. The molecular formula is C5H20N6O2P2. The molecule has 0 saturated heterocycles. The number of nitrogens with one attached hydrogen (secondary N) is 2. The smallest absolute Gasteiger partial charge is 0.271 e. The minimum Gasteiger partial charge on any atom is -0.271 e. The lowest BCUT2D eigenvalue weighted by Gasteiger charge is -2.09. The fourth-order valence-corrected chi connectivity index (χ4v) is 1.95. The first-order chi connectivity index (χ1) is 6.71. The van der Waals surface area contributed by atoms with E-state index in [1.807, 2.05) is 0 Å². The number of nitrogens with two attached hydrogens (primary N) is 4. The molecule has 0 fully saturated rings. The molecule has 8 nitrogen and oxygen atoms in total. The van der Waals surface area contributed by atoms with E-state index in [2.05, 4.69) is 10.2 Å². The molecule has 10 heteroatoms. The van der Waals surface area contributed by atoms with E-state index in [1.54, 1.807) is 0 Å². The Bertz CT molecular complexity index is 234. The first kappa shape index (κ1) is 15.2. The summed E-state index contributed by atoms with van der Waals surface area (Å²) >= 11 is 0. The molecule has 0 aliphatic carbocycles. The number of hydrogen-bond acceptors (Lipinski definition) is 2. The van der Waals surface area contributed by atoms with Crippen molar-refractivity contribution in [3.63, 3.8) is 0 Å². The van der Waals surface area contributed by atoms with Crippen LogP contribution in [0.15, 0.2) is 0 Å². The van der Waals surface area contributed by atoms with E-state index in [9.17, 15) is 9.13 Å². The van der Waals surface area contributed by atoms with Gasteiger partial charge >= 0.3 is 0 Å². The van der Waals surface area contributed by atoms with Crippen molar-refractivity contribution in [3.05, 3.63) is 0 Å². The molecule has 0 unspecified atom stereocenters. The van der Waals surface area contributed by atoms with Crippen LogP contribution in [-0.2, 0) is 9.13 Å². The molecule has 0 aromatic rings. The van der Waals surface area contributed by atoms with Crippen LogP contribution in [0.3, 0.4) is 0 Å². The lowest BCUT2D eigenvalue weighted by atomic mass is 10.2. The molecule has 0 rings (SSSR count). The van der Waals surface area contributed by atoms with E-state index in [0.717, 1.165) is 19.3 Å². The molecule has 0 saturated carbocycles. The van der Waals surface area contributed by atoms with Crippen molar-refractivity contribution in [1.29, 1.82) is 0 Å². The Morgan fingerprint density at radius 1 is 0.733 bits per heavy atom. The van der Waals surface area contributed by atoms with Crippen LogP contribution < -0.4 is 32.2 Å². The van der Waals surface area contributed by atoms with Gasteiger partial charge in [0.15, 0.2) is 0 Å². The Hall–Kier alpha value is 0.220. The van der Waals surface area contributed by atoms with E-state index in [4.69, 9.17) is 22.0 Å². The van der Waals surface area contributed by atoms with Gasteiger partial charge in [0.1, 0.15) is 0 Å². The van der Waals surface area contributed by atoms with Crippen LogP contribution in [0.2, 0.25) is 0 Å². The second-order valence-corrected chi connectivity index (χ2v) is 6.77. The highest BCUT2D eigenvalue weighted by molar-refractivity contribution is 7.57. The van der Waals surface area contributed by atoms with E-state index in [-0.39, 0.29) is 0 Å². The average Bonchev–Trinajstić information content (AvgIpc) is 1.98. The summed E-state index contributed by atoms with van der Waals surface area (Å²) in [7, 11) is -6.20. The van der Waals surface area contributed by atoms with Gasteiger partial charge in [-0.1, -0.05) is 6.42 Å². The third-order valence-electron chi connectivity index (χ3n) is 1.57. The van der Waals surface area contributed by atoms with E-state index in [1.165, 1.54) is 0 Å². The Kier molecular flexibility index (Phi) is 6.83. The molecule has 0 aromatic heterocycles. The minimum absolute atomic E-state index is 0.493. The van der Waals surface area contributed by atoms with Crippen molar-refractivity contribution < 1.29 is 9.13 Å². The highest BCUT2D eigenvalue weighted by Gasteiger charge is 2.06. The van der Waals surface area contributed by atoms with Gasteiger partial charge in [0.25, 0.3) is 15.2 Å². The summed E-state index contributed by atoms with van der Waals surface area (Å²) in [6.45, 7) is 0.986. The fourth-order valence-electron chi connectivity index (χ4n) is 0.934. The van der Waals surface area contributed by atoms with E-state index in [0.29, 0.717) is 13.1 Å². The summed E-state index contributed by atoms with van der Waals surface area (Å²) in [5.41, 5.74) is 20.3. The molecule has 0 aromatic carbocycles. The Morgan fingerprint density at radius 3 is 1.33 bits per heavy atom. The summed E-state index contributed by atoms with van der Waals surface area (Å²) in [6.07, 6.45) is 2.40. The van der Waals surface area contributed by atoms with Gasteiger partial charge in [0.05, 0.1) is 0 Å². The summed E-state index contributed by atoms with van der Waals surface area (Å²) in [5.74, 6) is 0. The summed E-state index contributed by atoms with van der Waals surface area (Å²) < 4.78 is 21.6. The molecule has 0 heterocycles. The maximum absolute atomic E-state index is 10.8. The SMILES string of the molecule is NP(N)(=O)NCCCCCNP(N)(N)=O. The van der Waals surface area contributed by atoms with Crippen LogP contribution in [0.4, 0.5) is 0 Å². The van der Waals surface area contributed by atoms with Gasteiger partial charge in [0.2, 0.25) is 0 Å². The second kappa shape index (κ2) is 6.73. The van der Waals surface area contributed by atoms with Gasteiger partial charge in [-0.25, -0.2) is 10.2 Å². The zero-order valence-corrected chi connectivity index (χ0v) is 10.3. The third-order valence-corrected chi connectivity index (χ3v) is 3.01. The molecule has 10 N–H and O–H groups in total. The van der Waals surface area contributed by atoms with Crippen molar-refractivity contribution in [2.45, 2.75) is 19.3 Å². The topological polar surface area (TPSA) is 162 Å². The van der Waals surface area contributed by atoms with Gasteiger partial charge in [-0.15, -0.1) is 0 Å². The Balaban J connectivity index is 3.27. The third kappa shape index (κ3) is 14.2. The van der Waals surface area contributed by atoms with Gasteiger partial charge in [0, 0.05) is 13.1 Å². The molecule has 15 heavy (non-hydrogen) atoms.